The first kappa shape index (κ1) is 30.1. The predicted octanol–water partition coefficient (Wildman–Crippen LogP) is 4.84. The van der Waals surface area contributed by atoms with Crippen LogP contribution in [0.5, 0.6) is 5.75 Å². The molecule has 2 aliphatic rings. The third kappa shape index (κ3) is 6.66. The van der Waals surface area contributed by atoms with Crippen molar-refractivity contribution in [2.24, 2.45) is 0 Å². The number of nitrogens with zero attached hydrogens (tertiary/aromatic N) is 4. The summed E-state index contributed by atoms with van der Waals surface area (Å²) in [6.45, 7) is 9.45. The highest BCUT2D eigenvalue weighted by Gasteiger charge is 2.30. The van der Waals surface area contributed by atoms with E-state index in [2.05, 4.69) is 54.8 Å². The van der Waals surface area contributed by atoms with Crippen LogP contribution in [-0.4, -0.2) is 80.0 Å². The van der Waals surface area contributed by atoms with Crippen LogP contribution in [-0.2, 0) is 15.8 Å². The number of aromatic nitrogens is 2. The second kappa shape index (κ2) is 12.9. The zero-order valence-corrected chi connectivity index (χ0v) is 26.3. The minimum Gasteiger partial charge on any atom is -0.494 e. The number of ether oxygens (including phenoxy) is 1. The van der Waals surface area contributed by atoms with E-state index >= 15 is 0 Å². The Bertz CT molecular complexity index is 1490. The molecule has 2 aromatic carbocycles. The number of hydrogen-bond donors (Lipinski definition) is 3. The van der Waals surface area contributed by atoms with Crippen molar-refractivity contribution in [2.45, 2.75) is 32.2 Å². The van der Waals surface area contributed by atoms with Crippen LogP contribution in [0.15, 0.2) is 42.6 Å². The Hall–Kier alpha value is -3.33. The summed E-state index contributed by atoms with van der Waals surface area (Å²) in [4.78, 5) is 25.9. The van der Waals surface area contributed by atoms with Crippen molar-refractivity contribution >= 4 is 58.8 Å². The van der Waals surface area contributed by atoms with Crippen molar-refractivity contribution < 1.29 is 14.1 Å². The smallest absolute Gasteiger partial charge is 0.236 e. The van der Waals surface area contributed by atoms with Gasteiger partial charge in [0.15, 0.2) is 5.82 Å². The summed E-state index contributed by atoms with van der Waals surface area (Å²) in [6, 6.07) is 11.9. The number of piperazine rings is 1. The van der Waals surface area contributed by atoms with Crippen molar-refractivity contribution in [3.63, 3.8) is 0 Å². The van der Waals surface area contributed by atoms with Gasteiger partial charge in [-0.15, -0.1) is 0 Å². The molecule has 0 atom stereocenters. The summed E-state index contributed by atoms with van der Waals surface area (Å²) in [6.07, 6.45) is 4.26. The van der Waals surface area contributed by atoms with Crippen molar-refractivity contribution in [1.29, 1.82) is 0 Å². The maximum absolute atomic E-state index is 12.8. The summed E-state index contributed by atoms with van der Waals surface area (Å²) in [5.41, 5.74) is 3.76. The van der Waals surface area contributed by atoms with Gasteiger partial charge in [-0.3, -0.25) is 4.79 Å². The molecule has 2 aliphatic heterocycles. The zero-order chi connectivity index (χ0) is 29.9. The first-order chi connectivity index (χ1) is 20.2. The fourth-order valence-corrected chi connectivity index (χ4v) is 6.99. The Morgan fingerprint density at radius 1 is 1.12 bits per heavy atom. The minimum atomic E-state index is -2.53. The SMILES string of the molecule is CCc1cc(Nc2ncc(Cl)c(Nc3ccccc3P(C)(C)=O)n2)c(OC)cc1N1CCC(N2CCNCC2=O)CC1. The number of carbonyl (C=O) groups excluding carboxylic acids is 1. The molecule has 10 nitrogen and oxygen atoms in total. The summed E-state index contributed by atoms with van der Waals surface area (Å²) in [7, 11) is -0.878. The second-order valence-corrected chi connectivity index (χ2v) is 14.6. The number of hydrogen-bond acceptors (Lipinski definition) is 9. The highest BCUT2D eigenvalue weighted by atomic mass is 35.5. The van der Waals surface area contributed by atoms with Gasteiger partial charge in [-0.2, -0.15) is 4.98 Å². The zero-order valence-electron chi connectivity index (χ0n) is 24.6. The first-order valence-corrected chi connectivity index (χ1v) is 17.3. The lowest BCUT2D eigenvalue weighted by atomic mass is 9.99. The Morgan fingerprint density at radius 2 is 1.88 bits per heavy atom. The Morgan fingerprint density at radius 3 is 2.57 bits per heavy atom. The van der Waals surface area contributed by atoms with E-state index in [1.54, 1.807) is 20.4 Å². The van der Waals surface area contributed by atoms with Crippen LogP contribution in [0.25, 0.3) is 0 Å². The number of nitrogens with one attached hydrogen (secondary N) is 3. The normalized spacial score (nSPS) is 16.5. The minimum absolute atomic E-state index is 0.203. The summed E-state index contributed by atoms with van der Waals surface area (Å²) >= 11 is 6.46. The van der Waals surface area contributed by atoms with Gasteiger partial charge in [-0.25, -0.2) is 4.98 Å². The van der Waals surface area contributed by atoms with E-state index in [4.69, 9.17) is 16.3 Å². The molecule has 3 heterocycles. The number of methoxy groups -OCH3 is 1. The molecule has 1 aromatic heterocycles. The molecule has 1 amide bonds. The van der Waals surface area contributed by atoms with Gasteiger partial charge in [0.1, 0.15) is 17.9 Å². The molecule has 2 fully saturated rings. The number of carbonyl (C=O) groups is 1. The molecule has 5 rings (SSSR count). The topological polar surface area (TPSA) is 112 Å². The van der Waals surface area contributed by atoms with E-state index in [9.17, 15) is 9.36 Å². The van der Waals surface area contributed by atoms with Gasteiger partial charge in [-0.1, -0.05) is 30.7 Å². The lowest BCUT2D eigenvalue weighted by Crippen LogP contribution is -2.55. The molecule has 224 valence electrons. The molecule has 2 saturated heterocycles. The molecule has 0 aliphatic carbocycles. The number of piperidine rings is 1. The largest absolute Gasteiger partial charge is 0.494 e. The molecule has 0 bridgehead atoms. The van der Waals surface area contributed by atoms with Crippen LogP contribution in [0, 0.1) is 0 Å². The number of para-hydroxylation sites is 1. The molecule has 3 N–H and O–H groups in total. The lowest BCUT2D eigenvalue weighted by Gasteiger charge is -2.41. The van der Waals surface area contributed by atoms with Gasteiger partial charge in [0.2, 0.25) is 11.9 Å². The third-order valence-electron chi connectivity index (χ3n) is 7.88. The van der Waals surface area contributed by atoms with Gasteiger partial charge in [0, 0.05) is 49.3 Å². The number of amides is 1. The monoisotopic (exact) mass is 611 g/mol. The highest BCUT2D eigenvalue weighted by Crippen LogP contribution is 2.39. The van der Waals surface area contributed by atoms with Crippen LogP contribution in [0.1, 0.15) is 25.3 Å². The number of rotatable bonds is 9. The van der Waals surface area contributed by atoms with Crippen molar-refractivity contribution in [2.75, 3.05) is 68.7 Å². The molecule has 0 saturated carbocycles. The van der Waals surface area contributed by atoms with Gasteiger partial charge in [-0.05, 0) is 56.4 Å². The number of aryl methyl sites for hydroxylation is 1. The van der Waals surface area contributed by atoms with Crippen molar-refractivity contribution in [1.82, 2.24) is 20.2 Å². The van der Waals surface area contributed by atoms with E-state index in [0.29, 0.717) is 40.8 Å². The van der Waals surface area contributed by atoms with Gasteiger partial charge >= 0.3 is 0 Å². The lowest BCUT2D eigenvalue weighted by molar-refractivity contribution is -0.134. The molecule has 42 heavy (non-hydrogen) atoms. The molecule has 3 aromatic rings. The summed E-state index contributed by atoms with van der Waals surface area (Å²) in [5.74, 6) is 1.64. The quantitative estimate of drug-likeness (QED) is 0.293. The Labute approximate surface area is 252 Å². The molecule has 0 unspecified atom stereocenters. The van der Waals surface area contributed by atoms with Crippen LogP contribution >= 0.6 is 18.7 Å². The maximum Gasteiger partial charge on any atom is 0.236 e. The Balaban J connectivity index is 1.35. The van der Waals surface area contributed by atoms with Crippen LogP contribution in [0.3, 0.4) is 0 Å². The number of anilines is 5. The maximum atomic E-state index is 12.8. The van der Waals surface area contributed by atoms with Gasteiger partial charge in [0.25, 0.3) is 0 Å². The second-order valence-electron chi connectivity index (χ2n) is 11.0. The van der Waals surface area contributed by atoms with Gasteiger partial charge in [0.05, 0.1) is 31.2 Å². The standard InChI is InChI=1S/C30H39ClN7O3P/c1-5-20-16-24(26(41-2)17-25(20)37-13-10-21(11-14-37)38-15-12-32-19-28(38)39)35-30-33-18-22(31)29(36-30)34-23-8-6-7-9-27(23)42(3,4)40/h6-9,16-18,21,32H,5,10-15,19H2,1-4H3,(H2,33,34,35,36). The fraction of sp³-hybridized carbons (Fsp3) is 0.433. The summed E-state index contributed by atoms with van der Waals surface area (Å²) < 4.78 is 18.6. The molecule has 0 spiro atoms. The average Bonchev–Trinajstić information content (AvgIpc) is 2.99. The molecule has 0 radical (unpaired) electrons. The highest BCUT2D eigenvalue weighted by molar-refractivity contribution is 7.70. The van der Waals surface area contributed by atoms with Gasteiger partial charge < -0.3 is 35.1 Å². The van der Waals surface area contributed by atoms with E-state index in [1.807, 2.05) is 24.3 Å². The van der Waals surface area contributed by atoms with E-state index in [0.717, 1.165) is 62.1 Å². The van der Waals surface area contributed by atoms with Crippen LogP contribution in [0.4, 0.5) is 28.8 Å². The fourth-order valence-electron chi connectivity index (χ4n) is 5.70. The predicted molar refractivity (Wildman–Crippen MR) is 171 cm³/mol. The van der Waals surface area contributed by atoms with Crippen LogP contribution in [0.2, 0.25) is 5.02 Å². The molecule has 12 heteroatoms. The van der Waals surface area contributed by atoms with E-state index in [1.165, 1.54) is 11.8 Å². The van der Waals surface area contributed by atoms with Crippen molar-refractivity contribution in [3.05, 3.63) is 53.2 Å². The van der Waals surface area contributed by atoms with E-state index in [-0.39, 0.29) is 5.91 Å². The molecular weight excluding hydrogens is 573 g/mol. The van der Waals surface area contributed by atoms with Crippen molar-refractivity contribution in [3.8, 4) is 5.75 Å². The Kier molecular flexibility index (Phi) is 9.25. The van der Waals surface area contributed by atoms with E-state index < -0.39 is 7.14 Å². The number of benzene rings is 2. The third-order valence-corrected chi connectivity index (χ3v) is 9.71. The summed E-state index contributed by atoms with van der Waals surface area (Å²) in [5, 5.41) is 10.8. The average molecular weight is 612 g/mol. The first-order valence-electron chi connectivity index (χ1n) is 14.3. The van der Waals surface area contributed by atoms with Crippen LogP contribution < -0.4 is 30.9 Å². The number of halogens is 1. The molecular formula is C30H39ClN7O3P.